The van der Waals surface area contributed by atoms with Gasteiger partial charge < -0.3 is 28.6 Å². The Labute approximate surface area is 344 Å². The Morgan fingerprint density at radius 1 is 0.536 bits per heavy atom. The highest BCUT2D eigenvalue weighted by Gasteiger charge is 2.25. The maximum atomic E-state index is 12.7. The van der Waals surface area contributed by atoms with Crippen molar-refractivity contribution < 1.29 is 38.2 Å². The molecule has 0 aromatic heterocycles. The van der Waals surface area contributed by atoms with E-state index in [-0.39, 0.29) is 49.1 Å². The first kappa shape index (κ1) is 53.6. The number of carbonyl (C=O) groups is 3. The number of likely N-dealkylation sites (N-methyl/N-ethyl adjacent to an activating group) is 1. The number of ether oxygens (including phenoxy) is 3. The molecule has 0 aromatic carbocycles. The molecule has 8 nitrogen and oxygen atoms in total. The molecule has 8 heteroatoms. The predicted octanol–water partition coefficient (Wildman–Crippen LogP) is 11.3. The summed E-state index contributed by atoms with van der Waals surface area (Å²) in [6, 6.07) is -0.732. The third kappa shape index (κ3) is 37.1. The van der Waals surface area contributed by atoms with Crippen molar-refractivity contribution in [2.24, 2.45) is 0 Å². The van der Waals surface area contributed by atoms with Gasteiger partial charge in [-0.25, -0.2) is 0 Å². The lowest BCUT2D eigenvalue weighted by molar-refractivity contribution is -0.889. The molecule has 0 rings (SSSR count). The number of hydrogen-bond acceptors (Lipinski definition) is 7. The van der Waals surface area contributed by atoms with Crippen molar-refractivity contribution >= 4 is 17.9 Å². The molecule has 0 saturated heterocycles. The number of carboxylic acids is 1. The molecule has 56 heavy (non-hydrogen) atoms. The van der Waals surface area contributed by atoms with E-state index in [0.717, 1.165) is 32.1 Å². The van der Waals surface area contributed by atoms with Crippen LogP contribution in [0.3, 0.4) is 0 Å². The number of unbranched alkanes of at least 4 members (excludes halogenated alkanes) is 21. The number of carboxylic acid groups (broad SMARTS) is 1. The highest BCUT2D eigenvalue weighted by atomic mass is 16.6. The molecule has 0 aliphatic rings. The van der Waals surface area contributed by atoms with Crippen LogP contribution in [0.5, 0.6) is 0 Å². The Morgan fingerprint density at radius 2 is 0.982 bits per heavy atom. The molecule has 0 radical (unpaired) electrons. The van der Waals surface area contributed by atoms with Crippen molar-refractivity contribution in [2.45, 2.75) is 212 Å². The van der Waals surface area contributed by atoms with E-state index in [2.05, 4.69) is 44.2 Å². The second kappa shape index (κ2) is 39.4. The van der Waals surface area contributed by atoms with Gasteiger partial charge in [-0.2, -0.15) is 0 Å². The zero-order valence-electron chi connectivity index (χ0n) is 37.1. The first-order valence-electron chi connectivity index (χ1n) is 23.0. The van der Waals surface area contributed by atoms with Crippen LogP contribution in [0.2, 0.25) is 0 Å². The lowest BCUT2D eigenvalue weighted by Crippen LogP contribution is -2.55. The molecule has 0 aromatic rings. The topological polar surface area (TPSA) is 102 Å². The van der Waals surface area contributed by atoms with Gasteiger partial charge in [-0.15, -0.1) is 0 Å². The lowest BCUT2D eigenvalue weighted by atomic mass is 10.1. The van der Waals surface area contributed by atoms with E-state index in [1.165, 1.54) is 128 Å². The summed E-state index contributed by atoms with van der Waals surface area (Å²) in [4.78, 5) is 36.8. The van der Waals surface area contributed by atoms with Gasteiger partial charge >= 0.3 is 11.9 Å². The van der Waals surface area contributed by atoms with Crippen LogP contribution < -0.4 is 5.11 Å². The van der Waals surface area contributed by atoms with Gasteiger partial charge in [0.05, 0.1) is 40.3 Å². The van der Waals surface area contributed by atoms with Gasteiger partial charge in [-0.1, -0.05) is 159 Å². The monoisotopic (exact) mass is 790 g/mol. The number of nitrogens with zero attached hydrogens (tertiary/aromatic N) is 1. The number of aliphatic carboxylic acids is 1. The van der Waals surface area contributed by atoms with Crippen LogP contribution >= 0.6 is 0 Å². The minimum atomic E-state index is -1.13. The number of rotatable bonds is 41. The largest absolute Gasteiger partial charge is 0.544 e. The zero-order valence-corrected chi connectivity index (χ0v) is 37.1. The van der Waals surface area contributed by atoms with E-state index in [4.69, 9.17) is 14.2 Å². The van der Waals surface area contributed by atoms with Crippen molar-refractivity contribution in [1.82, 2.24) is 0 Å². The fourth-order valence-corrected chi connectivity index (χ4v) is 6.65. The van der Waals surface area contributed by atoms with Gasteiger partial charge in [0, 0.05) is 19.3 Å². The Balaban J connectivity index is 4.36. The fraction of sp³-hybridized carbons (Fsp3) is 0.812. The normalized spacial score (nSPS) is 13.2. The Hall–Kier alpha value is -2.45. The van der Waals surface area contributed by atoms with Crippen LogP contribution in [0, 0.1) is 0 Å². The average molecular weight is 790 g/mol. The fourth-order valence-electron chi connectivity index (χ4n) is 6.65. The molecule has 0 spiro atoms. The molecule has 0 saturated carbocycles. The minimum Gasteiger partial charge on any atom is -0.544 e. The van der Waals surface area contributed by atoms with E-state index >= 15 is 0 Å². The van der Waals surface area contributed by atoms with Gasteiger partial charge in [-0.05, 0) is 57.8 Å². The summed E-state index contributed by atoms with van der Waals surface area (Å²) in [7, 11) is 5.39. The predicted molar refractivity (Wildman–Crippen MR) is 231 cm³/mol. The second-order valence-corrected chi connectivity index (χ2v) is 16.6. The Morgan fingerprint density at radius 3 is 1.46 bits per heavy atom. The number of quaternary nitrogens is 1. The van der Waals surface area contributed by atoms with E-state index in [0.29, 0.717) is 12.8 Å². The SMILES string of the molecule is CCCCCCCC/C=C/C/C=C/CCC(=O)OCC(COCCC(C(=O)[O-])[N+](C)(C)C)OC(=O)CCCCCCCCC/C=C/CCCCCCCCCC. The average Bonchev–Trinajstić information content (AvgIpc) is 3.15. The number of hydrogen-bond donors (Lipinski definition) is 0. The maximum Gasteiger partial charge on any atom is 0.306 e. The van der Waals surface area contributed by atoms with Crippen LogP contribution in [0.4, 0.5) is 0 Å². The summed E-state index contributed by atoms with van der Waals surface area (Å²) in [6.07, 6.45) is 44.7. The second-order valence-electron chi connectivity index (χ2n) is 16.6. The Kier molecular flexibility index (Phi) is 37.7. The number of esters is 2. The molecule has 0 aliphatic heterocycles. The molecule has 0 fully saturated rings. The molecule has 0 heterocycles. The number of carbonyl (C=O) groups excluding carboxylic acids is 3. The van der Waals surface area contributed by atoms with Crippen LogP contribution in [-0.4, -0.2) is 75.5 Å². The summed E-state index contributed by atoms with van der Waals surface area (Å²) >= 11 is 0. The van der Waals surface area contributed by atoms with Crippen molar-refractivity contribution in [3.05, 3.63) is 36.5 Å². The molecule has 0 bridgehead atoms. The van der Waals surface area contributed by atoms with Crippen LogP contribution in [-0.2, 0) is 28.6 Å². The van der Waals surface area contributed by atoms with E-state index in [1.807, 2.05) is 6.08 Å². The van der Waals surface area contributed by atoms with Gasteiger partial charge in [0.1, 0.15) is 12.6 Å². The molecule has 2 atom stereocenters. The molecule has 0 N–H and O–H groups in total. The minimum absolute atomic E-state index is 0.0231. The van der Waals surface area contributed by atoms with Crippen molar-refractivity contribution in [3.63, 3.8) is 0 Å². The number of allylic oxidation sites excluding steroid dienone is 6. The van der Waals surface area contributed by atoms with Gasteiger partial charge in [-0.3, -0.25) is 9.59 Å². The van der Waals surface area contributed by atoms with E-state index in [1.54, 1.807) is 21.1 Å². The summed E-state index contributed by atoms with van der Waals surface area (Å²) < 4.78 is 17.1. The molecule has 2 unspecified atom stereocenters. The van der Waals surface area contributed by atoms with Crippen molar-refractivity contribution in [2.75, 3.05) is 41.0 Å². The van der Waals surface area contributed by atoms with Crippen LogP contribution in [0.1, 0.15) is 200 Å². The summed E-state index contributed by atoms with van der Waals surface area (Å²) in [5.74, 6) is -1.82. The standard InChI is InChI=1S/C48H87NO7/c1-6-8-10-12-14-16-18-20-21-22-23-24-25-27-29-31-33-35-37-39-47(51)56-44(42-54-41-40-45(48(52)53)49(3,4)5)43-55-46(50)38-36-34-32-30-28-26-19-17-15-13-11-9-7-2/h22-23,26,28,32,34,44-45H,6-21,24-25,27,29-31,33,35-43H2,1-5H3/b23-22+,28-26+,34-32+. The summed E-state index contributed by atoms with van der Waals surface area (Å²) in [5, 5.41) is 11.6. The van der Waals surface area contributed by atoms with E-state index in [9.17, 15) is 19.5 Å². The van der Waals surface area contributed by atoms with Crippen molar-refractivity contribution in [3.8, 4) is 0 Å². The zero-order chi connectivity index (χ0) is 41.4. The molecule has 0 amide bonds. The smallest absolute Gasteiger partial charge is 0.306 e. The maximum absolute atomic E-state index is 12.7. The molecular weight excluding hydrogens is 703 g/mol. The van der Waals surface area contributed by atoms with Crippen LogP contribution in [0.25, 0.3) is 0 Å². The van der Waals surface area contributed by atoms with Gasteiger partial charge in [0.15, 0.2) is 6.10 Å². The summed E-state index contributed by atoms with van der Waals surface area (Å²) in [5.41, 5.74) is 0. The van der Waals surface area contributed by atoms with E-state index < -0.39 is 18.1 Å². The quantitative estimate of drug-likeness (QED) is 0.0263. The first-order chi connectivity index (χ1) is 27.1. The third-order valence-corrected chi connectivity index (χ3v) is 10.3. The van der Waals surface area contributed by atoms with Crippen LogP contribution in [0.15, 0.2) is 36.5 Å². The molecule has 0 aliphatic carbocycles. The summed E-state index contributed by atoms with van der Waals surface area (Å²) in [6.45, 7) is 4.59. The molecule has 326 valence electrons. The Bertz CT molecular complexity index is 1020. The lowest BCUT2D eigenvalue weighted by Gasteiger charge is -2.34. The highest BCUT2D eigenvalue weighted by Crippen LogP contribution is 2.14. The third-order valence-electron chi connectivity index (χ3n) is 10.3. The van der Waals surface area contributed by atoms with Gasteiger partial charge in [0.2, 0.25) is 0 Å². The molecular formula is C48H87NO7. The van der Waals surface area contributed by atoms with Crippen molar-refractivity contribution in [1.29, 1.82) is 0 Å². The van der Waals surface area contributed by atoms with Gasteiger partial charge in [0.25, 0.3) is 0 Å². The highest BCUT2D eigenvalue weighted by molar-refractivity contribution is 5.70. The first-order valence-corrected chi connectivity index (χ1v) is 23.0.